The summed E-state index contributed by atoms with van der Waals surface area (Å²) < 4.78 is 26.9. The highest BCUT2D eigenvalue weighted by atomic mass is 32.2. The normalized spacial score (nSPS) is 16.6. The summed E-state index contributed by atoms with van der Waals surface area (Å²) in [5, 5.41) is 4.50. The molecule has 2 heterocycles. The molecule has 0 spiro atoms. The number of amides is 1. The lowest BCUT2D eigenvalue weighted by Gasteiger charge is -2.25. The molecule has 1 aliphatic rings. The third kappa shape index (κ3) is 4.08. The molecule has 0 aromatic carbocycles. The number of thiophene rings is 1. The van der Waals surface area contributed by atoms with E-state index in [0.717, 1.165) is 38.5 Å². The molecule has 0 aliphatic carbocycles. The van der Waals surface area contributed by atoms with E-state index in [1.807, 2.05) is 0 Å². The van der Waals surface area contributed by atoms with Gasteiger partial charge in [0.25, 0.3) is 5.91 Å². The number of unbranched alkanes of at least 4 members (excludes halogenated alkanes) is 2. The minimum absolute atomic E-state index is 0.160. The topological polar surface area (TPSA) is 66.5 Å². The molecule has 1 aliphatic heterocycles. The molecule has 124 valence electrons. The van der Waals surface area contributed by atoms with Gasteiger partial charge in [0.15, 0.2) is 0 Å². The average molecular weight is 345 g/mol. The van der Waals surface area contributed by atoms with E-state index in [0.29, 0.717) is 24.5 Å². The lowest BCUT2D eigenvalue weighted by Crippen LogP contribution is -2.36. The van der Waals surface area contributed by atoms with E-state index >= 15 is 0 Å². The van der Waals surface area contributed by atoms with Gasteiger partial charge in [0, 0.05) is 19.6 Å². The molecule has 1 amide bonds. The fourth-order valence-corrected chi connectivity index (χ4v) is 5.40. The van der Waals surface area contributed by atoms with Gasteiger partial charge in [-0.05, 0) is 30.7 Å². The van der Waals surface area contributed by atoms with Crippen LogP contribution in [0.3, 0.4) is 0 Å². The first-order chi connectivity index (χ1) is 10.6. The third-order valence-electron chi connectivity index (χ3n) is 3.83. The summed E-state index contributed by atoms with van der Waals surface area (Å²) in [6.07, 6.45) is 5.92. The Morgan fingerprint density at radius 2 is 2.00 bits per heavy atom. The zero-order valence-corrected chi connectivity index (χ0v) is 14.6. The van der Waals surface area contributed by atoms with Crippen molar-refractivity contribution in [2.24, 2.45) is 0 Å². The number of rotatable bonds is 7. The quantitative estimate of drug-likeness (QED) is 0.774. The Morgan fingerprint density at radius 3 is 2.68 bits per heavy atom. The number of carbonyl (C=O) groups is 1. The maximum atomic E-state index is 12.7. The molecule has 0 radical (unpaired) electrons. The number of hydrogen-bond donors (Lipinski definition) is 1. The van der Waals surface area contributed by atoms with Crippen molar-refractivity contribution >= 4 is 27.3 Å². The van der Waals surface area contributed by atoms with Gasteiger partial charge < -0.3 is 5.32 Å². The summed E-state index contributed by atoms with van der Waals surface area (Å²) in [6, 6.07) is 1.55. The minimum atomic E-state index is -3.55. The van der Waals surface area contributed by atoms with Crippen LogP contribution in [0.25, 0.3) is 0 Å². The monoisotopic (exact) mass is 344 g/mol. The highest BCUT2D eigenvalue weighted by Crippen LogP contribution is 2.27. The first-order valence-electron chi connectivity index (χ1n) is 7.93. The second kappa shape index (κ2) is 8.08. The van der Waals surface area contributed by atoms with Crippen molar-refractivity contribution in [2.45, 2.75) is 50.3 Å². The van der Waals surface area contributed by atoms with E-state index in [4.69, 9.17) is 0 Å². The lowest BCUT2D eigenvalue weighted by atomic mass is 10.2. The molecule has 5 nitrogen and oxygen atoms in total. The Kier molecular flexibility index (Phi) is 6.40. The van der Waals surface area contributed by atoms with Gasteiger partial charge in [0.1, 0.15) is 9.77 Å². The molecule has 0 bridgehead atoms. The van der Waals surface area contributed by atoms with E-state index in [2.05, 4.69) is 12.2 Å². The van der Waals surface area contributed by atoms with Crippen molar-refractivity contribution in [1.82, 2.24) is 9.62 Å². The summed E-state index contributed by atoms with van der Waals surface area (Å²) in [7, 11) is -3.55. The number of sulfonamides is 1. The van der Waals surface area contributed by atoms with Crippen LogP contribution in [-0.4, -0.2) is 38.3 Å². The minimum Gasteiger partial charge on any atom is -0.351 e. The Morgan fingerprint density at radius 1 is 1.27 bits per heavy atom. The molecular weight excluding hydrogens is 320 g/mol. The van der Waals surface area contributed by atoms with Crippen LogP contribution >= 0.6 is 11.3 Å². The molecule has 1 aromatic rings. The second-order valence-electron chi connectivity index (χ2n) is 5.54. The fourth-order valence-electron chi connectivity index (χ4n) is 2.57. The Bertz CT molecular complexity index is 590. The van der Waals surface area contributed by atoms with Crippen molar-refractivity contribution in [3.05, 3.63) is 16.3 Å². The molecule has 1 saturated heterocycles. The zero-order chi connectivity index (χ0) is 16.0. The Balaban J connectivity index is 2.09. The summed E-state index contributed by atoms with van der Waals surface area (Å²) in [4.78, 5) is 12.7. The SMILES string of the molecule is CCCCCNC(=O)c1sccc1S(=O)(=O)N1CCCCC1. The van der Waals surface area contributed by atoms with Crippen molar-refractivity contribution < 1.29 is 13.2 Å². The maximum Gasteiger partial charge on any atom is 0.262 e. The van der Waals surface area contributed by atoms with E-state index < -0.39 is 10.0 Å². The van der Waals surface area contributed by atoms with Gasteiger partial charge in [0.05, 0.1) is 0 Å². The molecule has 1 fully saturated rings. The number of nitrogens with one attached hydrogen (secondary N) is 1. The number of piperidine rings is 1. The van der Waals surface area contributed by atoms with Crippen molar-refractivity contribution in [3.63, 3.8) is 0 Å². The average Bonchev–Trinajstić information content (AvgIpc) is 3.03. The molecule has 0 atom stereocenters. The predicted molar refractivity (Wildman–Crippen MR) is 88.8 cm³/mol. The van der Waals surface area contributed by atoms with Crippen LogP contribution in [0.15, 0.2) is 16.3 Å². The summed E-state index contributed by atoms with van der Waals surface area (Å²) in [6.45, 7) is 3.80. The van der Waals surface area contributed by atoms with Gasteiger partial charge in [-0.15, -0.1) is 11.3 Å². The lowest BCUT2D eigenvalue weighted by molar-refractivity contribution is 0.0954. The third-order valence-corrected chi connectivity index (χ3v) is 6.82. The van der Waals surface area contributed by atoms with Crippen LogP contribution < -0.4 is 5.32 Å². The molecule has 7 heteroatoms. The van der Waals surface area contributed by atoms with Crippen molar-refractivity contribution in [1.29, 1.82) is 0 Å². The fraction of sp³-hybridized carbons (Fsp3) is 0.667. The van der Waals surface area contributed by atoms with Crippen LogP contribution in [0, 0.1) is 0 Å². The first-order valence-corrected chi connectivity index (χ1v) is 10.2. The number of nitrogens with zero attached hydrogens (tertiary/aromatic N) is 1. The van der Waals surface area contributed by atoms with Gasteiger partial charge in [-0.1, -0.05) is 26.2 Å². The molecule has 1 N–H and O–H groups in total. The zero-order valence-electron chi connectivity index (χ0n) is 13.0. The summed E-state index contributed by atoms with van der Waals surface area (Å²) in [5.74, 6) is -0.276. The maximum absolute atomic E-state index is 12.7. The van der Waals surface area contributed by atoms with Crippen molar-refractivity contribution in [2.75, 3.05) is 19.6 Å². The first kappa shape index (κ1) is 17.4. The van der Waals surface area contributed by atoms with E-state index in [1.54, 1.807) is 11.4 Å². The van der Waals surface area contributed by atoms with Gasteiger partial charge in [-0.2, -0.15) is 4.31 Å². The van der Waals surface area contributed by atoms with Crippen LogP contribution in [0.4, 0.5) is 0 Å². The van der Waals surface area contributed by atoms with Gasteiger partial charge >= 0.3 is 0 Å². The van der Waals surface area contributed by atoms with E-state index in [9.17, 15) is 13.2 Å². The van der Waals surface area contributed by atoms with Crippen LogP contribution in [-0.2, 0) is 10.0 Å². The molecule has 2 rings (SSSR count). The molecule has 1 aromatic heterocycles. The highest BCUT2D eigenvalue weighted by molar-refractivity contribution is 7.89. The second-order valence-corrected chi connectivity index (χ2v) is 8.36. The summed E-state index contributed by atoms with van der Waals surface area (Å²) >= 11 is 1.19. The van der Waals surface area contributed by atoms with Gasteiger partial charge in [-0.25, -0.2) is 8.42 Å². The van der Waals surface area contributed by atoms with Crippen LogP contribution in [0.5, 0.6) is 0 Å². The molecule has 0 unspecified atom stereocenters. The van der Waals surface area contributed by atoms with Crippen LogP contribution in [0.1, 0.15) is 55.1 Å². The number of hydrogen-bond acceptors (Lipinski definition) is 4. The van der Waals surface area contributed by atoms with Crippen LogP contribution in [0.2, 0.25) is 0 Å². The predicted octanol–water partition coefficient (Wildman–Crippen LogP) is 2.84. The standard InChI is InChI=1S/C15H24N2O3S2/c1-2-3-5-9-16-15(18)14-13(8-12-21-14)22(19,20)17-10-6-4-7-11-17/h8,12H,2-7,9-11H2,1H3,(H,16,18). The van der Waals surface area contributed by atoms with E-state index in [-0.39, 0.29) is 10.8 Å². The largest absolute Gasteiger partial charge is 0.351 e. The molecular formula is C15H24N2O3S2. The van der Waals surface area contributed by atoms with Crippen molar-refractivity contribution in [3.8, 4) is 0 Å². The number of carbonyl (C=O) groups excluding carboxylic acids is 1. The van der Waals surface area contributed by atoms with Gasteiger partial charge in [0.2, 0.25) is 10.0 Å². The Hall–Kier alpha value is -0.920. The summed E-state index contributed by atoms with van der Waals surface area (Å²) in [5.41, 5.74) is 0. The van der Waals surface area contributed by atoms with E-state index in [1.165, 1.54) is 15.6 Å². The molecule has 0 saturated carbocycles. The molecule has 22 heavy (non-hydrogen) atoms. The highest BCUT2D eigenvalue weighted by Gasteiger charge is 2.30. The Labute approximate surface area is 136 Å². The smallest absolute Gasteiger partial charge is 0.262 e. The van der Waals surface area contributed by atoms with Gasteiger partial charge in [-0.3, -0.25) is 4.79 Å².